The zero-order chi connectivity index (χ0) is 32.1. The van der Waals surface area contributed by atoms with Crippen LogP contribution < -0.4 is 11.1 Å². The molecule has 238 valence electrons. The smallest absolute Gasteiger partial charge is 0.332 e. The van der Waals surface area contributed by atoms with Crippen molar-refractivity contribution in [3.63, 3.8) is 0 Å². The average Bonchev–Trinajstić information content (AvgIpc) is 3.75. The highest BCUT2D eigenvalue weighted by molar-refractivity contribution is 7.22. The number of nitrogens with one attached hydrogen (secondary N) is 2. The van der Waals surface area contributed by atoms with Gasteiger partial charge >= 0.3 is 6.03 Å². The lowest BCUT2D eigenvalue weighted by molar-refractivity contribution is -0.157. The van der Waals surface area contributed by atoms with Gasteiger partial charge in [0.1, 0.15) is 12.2 Å². The quantitative estimate of drug-likeness (QED) is 0.254. The fraction of sp³-hybridized carbons (Fsp3) is 0.323. The van der Waals surface area contributed by atoms with Crippen molar-refractivity contribution in [3.8, 4) is 0 Å². The number of nitrogens with two attached hydrogens (primary N) is 1. The van der Waals surface area contributed by atoms with E-state index in [2.05, 4.69) is 20.5 Å². The molecule has 0 radical (unpaired) electrons. The molecule has 3 aliphatic rings. The number of anilines is 1. The highest BCUT2D eigenvalue weighted by atomic mass is 35.5. The Hall–Kier alpha value is -4.17. The van der Waals surface area contributed by atoms with E-state index in [-0.39, 0.29) is 48.7 Å². The summed E-state index contributed by atoms with van der Waals surface area (Å²) >= 11 is 13.8. The summed E-state index contributed by atoms with van der Waals surface area (Å²) in [5.41, 5.74) is 10.2. The Morgan fingerprint density at radius 2 is 2.07 bits per heavy atom. The number of amides is 4. The zero-order valence-electron chi connectivity index (χ0n) is 24.8. The fourth-order valence-electron chi connectivity index (χ4n) is 6.35. The third kappa shape index (κ3) is 5.68. The van der Waals surface area contributed by atoms with E-state index in [0.29, 0.717) is 11.6 Å². The summed E-state index contributed by atoms with van der Waals surface area (Å²) in [6.07, 6.45) is 6.91. The summed E-state index contributed by atoms with van der Waals surface area (Å²) in [6, 6.07) is 10.5. The lowest BCUT2D eigenvalue weighted by Gasteiger charge is -2.45. The second-order valence-corrected chi connectivity index (χ2v) is 13.7. The molecule has 0 bridgehead atoms. The Morgan fingerprint density at radius 3 is 2.89 bits per heavy atom. The molecule has 4 aromatic rings. The van der Waals surface area contributed by atoms with Gasteiger partial charge in [0.05, 0.1) is 45.8 Å². The second-order valence-electron chi connectivity index (χ2n) is 11.6. The molecule has 2 saturated heterocycles. The molecule has 0 spiro atoms. The van der Waals surface area contributed by atoms with E-state index in [4.69, 9.17) is 28.9 Å². The molecule has 4 amide bonds. The number of aromatic amines is 1. The van der Waals surface area contributed by atoms with Crippen LogP contribution in [0.25, 0.3) is 21.1 Å². The molecule has 4 atom stereocenters. The first-order valence-electron chi connectivity index (χ1n) is 14.8. The van der Waals surface area contributed by atoms with Crippen LogP contribution in [-0.2, 0) is 22.6 Å². The van der Waals surface area contributed by atoms with Gasteiger partial charge in [0.15, 0.2) is 5.13 Å². The molecular formula is C31H31Cl2N9O3S. The minimum Gasteiger partial charge on any atom is -0.375 e. The number of fused-ring (bicyclic) bond motifs is 3. The number of benzene rings is 2. The maximum Gasteiger partial charge on any atom is 0.332 e. The molecular weight excluding hydrogens is 649 g/mol. The van der Waals surface area contributed by atoms with E-state index in [1.54, 1.807) is 34.1 Å². The number of hydrogen-bond donors (Lipinski definition) is 3. The number of halogens is 2. The van der Waals surface area contributed by atoms with E-state index in [0.717, 1.165) is 37.8 Å². The number of nitrogens with zero attached hydrogens (tertiary/aromatic N) is 6. The summed E-state index contributed by atoms with van der Waals surface area (Å²) in [5, 5.41) is 13.8. The van der Waals surface area contributed by atoms with Gasteiger partial charge in [-0.1, -0.05) is 47.8 Å². The minimum absolute atomic E-state index is 0.0501. The predicted molar refractivity (Wildman–Crippen MR) is 178 cm³/mol. The topological polar surface area (TPSA) is 144 Å². The number of urea groups is 1. The number of hydrogen-bond acceptors (Lipinski definition) is 8. The van der Waals surface area contributed by atoms with Crippen LogP contribution in [0.4, 0.5) is 9.93 Å². The van der Waals surface area contributed by atoms with Crippen molar-refractivity contribution in [1.29, 1.82) is 0 Å². The third-order valence-corrected chi connectivity index (χ3v) is 10.5. The minimum atomic E-state index is -0.779. The van der Waals surface area contributed by atoms with E-state index >= 15 is 0 Å². The molecule has 2 unspecified atom stereocenters. The Morgan fingerprint density at radius 1 is 1.22 bits per heavy atom. The largest absolute Gasteiger partial charge is 0.375 e. The van der Waals surface area contributed by atoms with Crippen molar-refractivity contribution >= 4 is 78.6 Å². The van der Waals surface area contributed by atoms with Gasteiger partial charge < -0.3 is 20.9 Å². The Kier molecular flexibility index (Phi) is 8.09. The molecule has 4 heterocycles. The number of carbonyl (C=O) groups is 3. The van der Waals surface area contributed by atoms with E-state index in [1.807, 2.05) is 48.6 Å². The van der Waals surface area contributed by atoms with E-state index in [9.17, 15) is 14.4 Å². The fourth-order valence-corrected chi connectivity index (χ4v) is 7.52. The highest BCUT2D eigenvalue weighted by Gasteiger charge is 2.51. The maximum absolute atomic E-state index is 14.2. The van der Waals surface area contributed by atoms with Gasteiger partial charge in [0, 0.05) is 31.9 Å². The molecule has 2 aromatic heterocycles. The molecule has 1 aliphatic carbocycles. The number of alkyl halides is 2. The Bertz CT molecular complexity index is 1910. The van der Waals surface area contributed by atoms with Gasteiger partial charge in [-0.25, -0.2) is 9.78 Å². The van der Waals surface area contributed by atoms with Crippen molar-refractivity contribution in [2.45, 2.75) is 35.9 Å². The molecule has 0 saturated carbocycles. The van der Waals surface area contributed by atoms with Crippen LogP contribution in [0.5, 0.6) is 0 Å². The molecule has 4 N–H and O–H groups in total. The van der Waals surface area contributed by atoms with Crippen LogP contribution in [-0.4, -0.2) is 102 Å². The Balaban J connectivity index is 1.16. The monoisotopic (exact) mass is 679 g/mol. The number of aromatic nitrogens is 3. The predicted octanol–water partition coefficient (Wildman–Crippen LogP) is 3.45. The van der Waals surface area contributed by atoms with Gasteiger partial charge in [-0.05, 0) is 34.9 Å². The first-order chi connectivity index (χ1) is 22.2. The van der Waals surface area contributed by atoms with E-state index < -0.39 is 18.2 Å². The van der Waals surface area contributed by atoms with Crippen molar-refractivity contribution in [1.82, 2.24) is 40.3 Å². The van der Waals surface area contributed by atoms with Crippen LogP contribution in [0.15, 0.2) is 66.4 Å². The first-order valence-corrected chi connectivity index (χ1v) is 16.5. The second kappa shape index (κ2) is 12.2. The van der Waals surface area contributed by atoms with Crippen LogP contribution >= 0.6 is 34.5 Å². The lowest BCUT2D eigenvalue weighted by atomic mass is 9.99. The van der Waals surface area contributed by atoms with Crippen LogP contribution in [0, 0.1) is 0 Å². The standard InChI is InChI=1S/C31H31Cl2N9O3S/c1-39(31(45)35-12-18-5-7-21(32)22(33)10-18)41-16-27(43)42-24(11-17-6-8-23-20(9-17)13-36-38-23)29(44)40(15-26(41)42)14-19-3-2-4-25-28(19)37-30(34)46-25/h2-10,13,21-22,24,26H,11-12,14-16H2,1H3,(H2,34,37)(H,35,45)(H,36,38)/t21?,22?,24-,26+/m0/s1. The average molecular weight is 681 g/mol. The number of H-pyrrole nitrogens is 1. The van der Waals surface area contributed by atoms with Gasteiger partial charge in [-0.2, -0.15) is 10.1 Å². The van der Waals surface area contributed by atoms with Crippen LogP contribution in [0.3, 0.4) is 0 Å². The zero-order valence-corrected chi connectivity index (χ0v) is 27.1. The molecule has 46 heavy (non-hydrogen) atoms. The van der Waals surface area contributed by atoms with Crippen molar-refractivity contribution in [2.75, 3.05) is 32.4 Å². The SMILES string of the molecule is CN(C(=O)NCC1=CC(Cl)C(Cl)C=C1)N1CC(=O)N2[C@@H](Cc3ccc4[nH]ncc4c3)C(=O)N(Cc3cccc4sc(N)nc34)C[C@@H]21. The van der Waals surface area contributed by atoms with Gasteiger partial charge in [-0.15, -0.1) is 23.2 Å². The molecule has 7 rings (SSSR count). The number of piperazine rings is 1. The van der Waals surface area contributed by atoms with Gasteiger partial charge in [0.25, 0.3) is 0 Å². The third-order valence-electron chi connectivity index (χ3n) is 8.68. The molecule has 2 fully saturated rings. The number of allylic oxidation sites excluding steroid dienone is 2. The number of rotatable bonds is 7. The van der Waals surface area contributed by atoms with Crippen molar-refractivity contribution < 1.29 is 14.4 Å². The summed E-state index contributed by atoms with van der Waals surface area (Å²) in [7, 11) is 1.62. The molecule has 2 aliphatic heterocycles. The summed E-state index contributed by atoms with van der Waals surface area (Å²) in [5.74, 6) is -0.396. The van der Waals surface area contributed by atoms with Crippen LogP contribution in [0.2, 0.25) is 0 Å². The maximum atomic E-state index is 14.2. The molecule has 15 heteroatoms. The number of carbonyl (C=O) groups excluding carboxylic acids is 3. The van der Waals surface area contributed by atoms with Crippen LogP contribution in [0.1, 0.15) is 11.1 Å². The first kappa shape index (κ1) is 30.5. The number of hydrazine groups is 1. The lowest BCUT2D eigenvalue weighted by Crippen LogP contribution is -2.65. The Labute approximate surface area is 278 Å². The summed E-state index contributed by atoms with van der Waals surface area (Å²) < 4.78 is 0.935. The van der Waals surface area contributed by atoms with Gasteiger partial charge in [-0.3, -0.25) is 19.7 Å². The molecule has 12 nitrogen and oxygen atoms in total. The van der Waals surface area contributed by atoms with E-state index in [1.165, 1.54) is 16.3 Å². The highest BCUT2D eigenvalue weighted by Crippen LogP contribution is 2.32. The summed E-state index contributed by atoms with van der Waals surface area (Å²) in [4.78, 5) is 49.2. The van der Waals surface area contributed by atoms with Crippen molar-refractivity contribution in [3.05, 3.63) is 77.5 Å². The van der Waals surface area contributed by atoms with Gasteiger partial charge in [0.2, 0.25) is 11.8 Å². The normalized spacial score (nSPS) is 23.3. The number of para-hydroxylation sites is 1. The van der Waals surface area contributed by atoms with Crippen molar-refractivity contribution in [2.24, 2.45) is 0 Å². The molecule has 2 aromatic carbocycles. The number of nitrogen functional groups attached to an aromatic ring is 1. The summed E-state index contributed by atoms with van der Waals surface area (Å²) in [6.45, 7) is 0.674. The number of thiazole rings is 1.